The number of nitrogens with zero attached hydrogens (tertiary/aromatic N) is 1. The summed E-state index contributed by atoms with van der Waals surface area (Å²) in [6.45, 7) is 8.07. The largest absolute Gasteiger partial charge is 0.512 e. The molecule has 4 rings (SSSR count). The van der Waals surface area contributed by atoms with E-state index in [1.165, 1.54) is 6.08 Å². The number of aliphatic hydroxyl groups is 1. The second kappa shape index (κ2) is 12.7. The van der Waals surface area contributed by atoms with Gasteiger partial charge in [-0.15, -0.1) is 29.7 Å². The normalized spacial score (nSPS) is 11.6. The number of carbonyl (C=O) groups is 1. The molecule has 4 nitrogen and oxygen atoms in total. The van der Waals surface area contributed by atoms with Gasteiger partial charge in [-0.25, -0.2) is 0 Å². The summed E-state index contributed by atoms with van der Waals surface area (Å²) in [5.41, 5.74) is 1.90. The molecule has 177 valence electrons. The number of rotatable bonds is 7. The van der Waals surface area contributed by atoms with Crippen LogP contribution in [-0.4, -0.2) is 15.9 Å². The van der Waals surface area contributed by atoms with Gasteiger partial charge in [0.25, 0.3) is 0 Å². The number of carbonyl (C=O) groups excluding carboxylic acids is 1. The fourth-order valence-corrected chi connectivity index (χ4v) is 4.15. The Bertz CT molecular complexity index is 1150. The summed E-state index contributed by atoms with van der Waals surface area (Å²) in [5, 5.41) is 14.1. The number of hydrogen-bond donors (Lipinski definition) is 1. The molecule has 0 saturated heterocycles. The molecule has 0 unspecified atom stereocenters. The van der Waals surface area contributed by atoms with Crippen molar-refractivity contribution in [2.24, 2.45) is 11.8 Å². The van der Waals surface area contributed by atoms with Crippen molar-refractivity contribution in [1.82, 2.24) is 4.98 Å². The Morgan fingerprint density at radius 3 is 2.33 bits per heavy atom. The van der Waals surface area contributed by atoms with Gasteiger partial charge in [0.1, 0.15) is 0 Å². The Balaban J connectivity index is 0.000000230. The first-order valence-electron chi connectivity index (χ1n) is 11.5. The molecule has 0 saturated carbocycles. The van der Waals surface area contributed by atoms with Crippen LogP contribution < -0.4 is 0 Å². The fourth-order valence-electron chi connectivity index (χ4n) is 4.15. The van der Waals surface area contributed by atoms with Crippen molar-refractivity contribution in [3.05, 3.63) is 66.8 Å². The van der Waals surface area contributed by atoms with Gasteiger partial charge in [-0.1, -0.05) is 39.1 Å². The molecule has 33 heavy (non-hydrogen) atoms. The molecule has 0 spiro atoms. The number of fused-ring (bicyclic) bond motifs is 6. The second-order valence-electron chi connectivity index (χ2n) is 8.02. The summed E-state index contributed by atoms with van der Waals surface area (Å²) in [6.07, 6.45) is 8.45. The summed E-state index contributed by atoms with van der Waals surface area (Å²) in [4.78, 5) is 16.2. The van der Waals surface area contributed by atoms with Crippen LogP contribution in [0.4, 0.5) is 0 Å². The average molecular weight is 623 g/mol. The molecule has 2 aromatic heterocycles. The zero-order valence-corrected chi connectivity index (χ0v) is 22.1. The standard InChI is InChI=1S/C15H8NO.C13H24O2.Ir/c1-2-5-12-10(4-1)14-11(6-3-8-16-14)13-7-9-17-15(12)13;1-5-10(6-2)12(14)9-13(15)11(7-3)8-4;/h1-3,5-9H;9-11,14H,5-8H2,1-4H3;/q-1;;/b;12-9-;. The van der Waals surface area contributed by atoms with Gasteiger partial charge in [-0.2, -0.15) is 0 Å². The van der Waals surface area contributed by atoms with Crippen LogP contribution in [0.1, 0.15) is 53.4 Å². The maximum Gasteiger partial charge on any atom is 0.162 e. The third-order valence-corrected chi connectivity index (χ3v) is 6.18. The van der Waals surface area contributed by atoms with Crippen LogP contribution >= 0.6 is 0 Å². The van der Waals surface area contributed by atoms with E-state index in [1.54, 1.807) is 6.26 Å². The molecule has 1 radical (unpaired) electrons. The molecule has 0 aliphatic heterocycles. The predicted molar refractivity (Wildman–Crippen MR) is 132 cm³/mol. The Labute approximate surface area is 209 Å². The van der Waals surface area contributed by atoms with E-state index < -0.39 is 0 Å². The topological polar surface area (TPSA) is 63.3 Å². The summed E-state index contributed by atoms with van der Waals surface area (Å²) >= 11 is 0. The van der Waals surface area contributed by atoms with Gasteiger partial charge in [0, 0.05) is 49.6 Å². The molecule has 2 heterocycles. The first kappa shape index (κ1) is 26.8. The van der Waals surface area contributed by atoms with E-state index in [-0.39, 0.29) is 43.5 Å². The Hall–Kier alpha value is -2.49. The maximum atomic E-state index is 11.7. The Morgan fingerprint density at radius 1 is 1.00 bits per heavy atom. The Kier molecular flexibility index (Phi) is 10.3. The van der Waals surface area contributed by atoms with Gasteiger partial charge < -0.3 is 14.5 Å². The minimum absolute atomic E-state index is 0. The Morgan fingerprint density at radius 2 is 1.67 bits per heavy atom. The third kappa shape index (κ3) is 5.90. The molecule has 0 atom stereocenters. The molecule has 0 aliphatic carbocycles. The fraction of sp³-hybridized carbons (Fsp3) is 0.357. The number of aliphatic hydroxyl groups excluding tert-OH is 1. The van der Waals surface area contributed by atoms with E-state index >= 15 is 0 Å². The van der Waals surface area contributed by atoms with Gasteiger partial charge in [0.15, 0.2) is 5.78 Å². The van der Waals surface area contributed by atoms with Crippen LogP contribution in [0.15, 0.2) is 65.1 Å². The van der Waals surface area contributed by atoms with Crippen LogP contribution in [0, 0.1) is 17.9 Å². The van der Waals surface area contributed by atoms with Crippen molar-refractivity contribution >= 4 is 38.4 Å². The van der Waals surface area contributed by atoms with Crippen molar-refractivity contribution in [3.63, 3.8) is 0 Å². The number of allylic oxidation sites excluding steroid dienone is 2. The van der Waals surface area contributed by atoms with E-state index in [0.29, 0.717) is 0 Å². The van der Waals surface area contributed by atoms with Gasteiger partial charge in [0.2, 0.25) is 0 Å². The summed E-state index contributed by atoms with van der Waals surface area (Å²) < 4.78 is 5.59. The first-order valence-corrected chi connectivity index (χ1v) is 11.5. The van der Waals surface area contributed by atoms with E-state index in [2.05, 4.69) is 17.1 Å². The summed E-state index contributed by atoms with van der Waals surface area (Å²) in [5.74, 6) is 0.547. The van der Waals surface area contributed by atoms with Gasteiger partial charge in [0.05, 0.1) is 17.6 Å². The maximum absolute atomic E-state index is 11.7. The molecule has 5 heteroatoms. The SMILES string of the molecule is CCC(CC)C(=O)/C=C(\O)C(CC)CC.[Ir].[c-]1cccc2c1c1ncccc1c1ccoc21. The van der Waals surface area contributed by atoms with Gasteiger partial charge in [-0.3, -0.25) is 4.79 Å². The molecular formula is C28H32IrNO3-. The van der Waals surface area contributed by atoms with Gasteiger partial charge >= 0.3 is 0 Å². The summed E-state index contributed by atoms with van der Waals surface area (Å²) in [6, 6.07) is 15.2. The molecule has 0 bridgehead atoms. The van der Waals surface area contributed by atoms with Crippen LogP contribution in [0.2, 0.25) is 0 Å². The van der Waals surface area contributed by atoms with Crippen LogP contribution in [-0.2, 0) is 24.9 Å². The molecule has 0 fully saturated rings. The van der Waals surface area contributed by atoms with E-state index in [9.17, 15) is 9.90 Å². The van der Waals surface area contributed by atoms with E-state index in [1.807, 2.05) is 64.2 Å². The summed E-state index contributed by atoms with van der Waals surface area (Å²) in [7, 11) is 0. The number of aromatic nitrogens is 1. The second-order valence-corrected chi connectivity index (χ2v) is 8.02. The average Bonchev–Trinajstić information content (AvgIpc) is 3.32. The van der Waals surface area contributed by atoms with Gasteiger partial charge in [-0.05, 0) is 48.7 Å². The molecule has 0 amide bonds. The molecular weight excluding hydrogens is 591 g/mol. The van der Waals surface area contributed by atoms with Crippen molar-refractivity contribution in [1.29, 1.82) is 0 Å². The van der Waals surface area contributed by atoms with Crippen LogP contribution in [0.5, 0.6) is 0 Å². The number of ketones is 1. The monoisotopic (exact) mass is 623 g/mol. The first-order chi connectivity index (χ1) is 15.5. The van der Waals surface area contributed by atoms with E-state index in [0.717, 1.165) is 58.3 Å². The molecule has 4 aromatic rings. The zero-order valence-electron chi connectivity index (χ0n) is 19.7. The van der Waals surface area contributed by atoms with E-state index in [4.69, 9.17) is 4.42 Å². The zero-order chi connectivity index (χ0) is 23.1. The number of benzene rings is 2. The minimum Gasteiger partial charge on any atom is -0.512 e. The van der Waals surface area contributed by atoms with Crippen molar-refractivity contribution in [3.8, 4) is 0 Å². The predicted octanol–water partition coefficient (Wildman–Crippen LogP) is 7.80. The molecule has 2 aromatic carbocycles. The number of furan rings is 1. The number of pyridine rings is 1. The number of hydrogen-bond acceptors (Lipinski definition) is 4. The van der Waals surface area contributed by atoms with Crippen LogP contribution in [0.25, 0.3) is 32.6 Å². The smallest absolute Gasteiger partial charge is 0.162 e. The minimum atomic E-state index is 0. The quantitative estimate of drug-likeness (QED) is 0.0989. The molecule has 1 N–H and O–H groups in total. The molecule has 0 aliphatic rings. The van der Waals surface area contributed by atoms with Crippen molar-refractivity contribution in [2.75, 3.05) is 0 Å². The third-order valence-electron chi connectivity index (χ3n) is 6.18. The van der Waals surface area contributed by atoms with Crippen molar-refractivity contribution in [2.45, 2.75) is 53.4 Å². The van der Waals surface area contributed by atoms with Crippen LogP contribution in [0.3, 0.4) is 0 Å². The van der Waals surface area contributed by atoms with Crippen molar-refractivity contribution < 1.29 is 34.4 Å².